The molecule has 2 aromatic heterocycles. The highest BCUT2D eigenvalue weighted by molar-refractivity contribution is 7.15. The molecular weight excluding hydrogens is 236 g/mol. The van der Waals surface area contributed by atoms with Crippen molar-refractivity contribution in [2.45, 2.75) is 19.3 Å². The number of thiazole rings is 1. The van der Waals surface area contributed by atoms with Gasteiger partial charge in [0.05, 0.1) is 5.69 Å². The second kappa shape index (κ2) is 3.85. The summed E-state index contributed by atoms with van der Waals surface area (Å²) in [4.78, 5) is 13.7. The molecule has 0 amide bonds. The molecule has 0 aromatic carbocycles. The van der Waals surface area contributed by atoms with Crippen molar-refractivity contribution in [3.63, 3.8) is 0 Å². The SMILES string of the molecule is Nc1cc(Nc2nc3c(s2)CCC3)nc(N)n1. The van der Waals surface area contributed by atoms with E-state index in [1.807, 2.05) is 0 Å². The Bertz CT molecular complexity index is 522. The quantitative estimate of drug-likeness (QED) is 0.741. The van der Waals surface area contributed by atoms with Crippen molar-refractivity contribution < 1.29 is 0 Å². The van der Waals surface area contributed by atoms with Gasteiger partial charge in [-0.3, -0.25) is 0 Å². The Morgan fingerprint density at radius 3 is 2.82 bits per heavy atom. The summed E-state index contributed by atoms with van der Waals surface area (Å²) >= 11 is 1.66. The van der Waals surface area contributed by atoms with Crippen LogP contribution in [0.15, 0.2) is 6.07 Å². The van der Waals surface area contributed by atoms with Gasteiger partial charge in [0.15, 0.2) is 5.13 Å². The lowest BCUT2D eigenvalue weighted by Gasteiger charge is -2.03. The predicted molar refractivity (Wildman–Crippen MR) is 68.3 cm³/mol. The molecule has 1 aliphatic carbocycles. The van der Waals surface area contributed by atoms with Gasteiger partial charge < -0.3 is 16.8 Å². The van der Waals surface area contributed by atoms with Gasteiger partial charge in [0.25, 0.3) is 0 Å². The van der Waals surface area contributed by atoms with Gasteiger partial charge in [-0.05, 0) is 19.3 Å². The van der Waals surface area contributed by atoms with Crippen molar-refractivity contribution in [3.05, 3.63) is 16.6 Å². The third-order valence-electron chi connectivity index (χ3n) is 2.59. The fraction of sp³-hybridized carbons (Fsp3) is 0.300. The van der Waals surface area contributed by atoms with Crippen molar-refractivity contribution in [3.8, 4) is 0 Å². The zero-order valence-electron chi connectivity index (χ0n) is 9.10. The smallest absolute Gasteiger partial charge is 0.223 e. The standard InChI is InChI=1S/C10H12N6S/c11-7-4-8(15-9(12)14-7)16-10-13-5-2-1-3-6(5)17-10/h4H,1-3H2,(H5,11,12,13,14,15,16). The number of rotatable bonds is 2. The monoisotopic (exact) mass is 248 g/mol. The van der Waals surface area contributed by atoms with E-state index in [-0.39, 0.29) is 5.95 Å². The zero-order chi connectivity index (χ0) is 11.8. The fourth-order valence-electron chi connectivity index (χ4n) is 1.90. The van der Waals surface area contributed by atoms with Crippen LogP contribution < -0.4 is 16.8 Å². The van der Waals surface area contributed by atoms with Crippen LogP contribution in [0.3, 0.4) is 0 Å². The zero-order valence-corrected chi connectivity index (χ0v) is 9.92. The third-order valence-corrected chi connectivity index (χ3v) is 3.67. The summed E-state index contributed by atoms with van der Waals surface area (Å²) in [5.74, 6) is 1.10. The number of hydrogen-bond donors (Lipinski definition) is 3. The third kappa shape index (κ3) is 2.01. The highest BCUT2D eigenvalue weighted by atomic mass is 32.1. The molecule has 5 N–H and O–H groups in total. The average molecular weight is 248 g/mol. The normalized spacial score (nSPS) is 13.6. The highest BCUT2D eigenvalue weighted by Gasteiger charge is 2.16. The van der Waals surface area contributed by atoms with Crippen LogP contribution in [0.25, 0.3) is 0 Å². The van der Waals surface area contributed by atoms with Gasteiger partial charge in [0.1, 0.15) is 11.6 Å². The molecule has 0 saturated heterocycles. The summed E-state index contributed by atoms with van der Waals surface area (Å²) in [6, 6.07) is 1.64. The fourth-order valence-corrected chi connectivity index (χ4v) is 2.96. The molecule has 0 atom stereocenters. The largest absolute Gasteiger partial charge is 0.383 e. The van der Waals surface area contributed by atoms with Crippen LogP contribution in [0.5, 0.6) is 0 Å². The Kier molecular flexibility index (Phi) is 2.32. The van der Waals surface area contributed by atoms with Crippen LogP contribution in [0.2, 0.25) is 0 Å². The second-order valence-electron chi connectivity index (χ2n) is 3.90. The summed E-state index contributed by atoms with van der Waals surface area (Å²) in [5.41, 5.74) is 12.3. The summed E-state index contributed by atoms with van der Waals surface area (Å²) in [7, 11) is 0. The van der Waals surface area contributed by atoms with E-state index in [2.05, 4.69) is 20.3 Å². The number of nitrogen functional groups attached to an aromatic ring is 2. The number of nitrogens with zero attached hydrogens (tertiary/aromatic N) is 3. The molecule has 88 valence electrons. The van der Waals surface area contributed by atoms with Gasteiger partial charge in [-0.1, -0.05) is 0 Å². The maximum absolute atomic E-state index is 5.60. The maximum atomic E-state index is 5.60. The first kappa shape index (κ1) is 10.3. The summed E-state index contributed by atoms with van der Waals surface area (Å²) in [6.07, 6.45) is 3.41. The van der Waals surface area contributed by atoms with Crippen molar-refractivity contribution in [2.75, 3.05) is 16.8 Å². The second-order valence-corrected chi connectivity index (χ2v) is 4.99. The molecule has 0 saturated carbocycles. The lowest BCUT2D eigenvalue weighted by molar-refractivity contribution is 0.900. The topological polar surface area (TPSA) is 103 Å². The van der Waals surface area contributed by atoms with E-state index in [1.165, 1.54) is 17.0 Å². The van der Waals surface area contributed by atoms with Crippen LogP contribution >= 0.6 is 11.3 Å². The lowest BCUT2D eigenvalue weighted by Crippen LogP contribution is -2.02. The van der Waals surface area contributed by atoms with Gasteiger partial charge in [-0.15, -0.1) is 11.3 Å². The number of hydrogen-bond acceptors (Lipinski definition) is 7. The van der Waals surface area contributed by atoms with Gasteiger partial charge >= 0.3 is 0 Å². The Balaban J connectivity index is 1.86. The van der Waals surface area contributed by atoms with Gasteiger partial charge in [-0.2, -0.15) is 9.97 Å². The molecule has 0 bridgehead atoms. The number of fused-ring (bicyclic) bond motifs is 1. The molecule has 2 heterocycles. The molecule has 3 rings (SSSR count). The van der Waals surface area contributed by atoms with E-state index in [1.54, 1.807) is 17.4 Å². The molecule has 0 aliphatic heterocycles. The molecular formula is C10H12N6S. The minimum atomic E-state index is 0.164. The number of aromatic nitrogens is 3. The average Bonchev–Trinajstić information content (AvgIpc) is 2.75. The van der Waals surface area contributed by atoms with Crippen molar-refractivity contribution in [2.24, 2.45) is 0 Å². The van der Waals surface area contributed by atoms with Crippen molar-refractivity contribution >= 4 is 34.1 Å². The Morgan fingerprint density at radius 1 is 1.18 bits per heavy atom. The summed E-state index contributed by atoms with van der Waals surface area (Å²) in [6.45, 7) is 0. The Labute approximate surface area is 102 Å². The molecule has 6 nitrogen and oxygen atoms in total. The first-order chi connectivity index (χ1) is 8.20. The number of nitrogens with one attached hydrogen (secondary N) is 1. The van der Waals surface area contributed by atoms with E-state index >= 15 is 0 Å². The Morgan fingerprint density at radius 2 is 2.06 bits per heavy atom. The molecule has 0 unspecified atom stereocenters. The van der Waals surface area contributed by atoms with Crippen LogP contribution in [-0.2, 0) is 12.8 Å². The molecule has 0 radical (unpaired) electrons. The van der Waals surface area contributed by atoms with Crippen LogP contribution in [0.4, 0.5) is 22.7 Å². The summed E-state index contributed by atoms with van der Waals surface area (Å²) in [5, 5.41) is 3.95. The van der Waals surface area contributed by atoms with E-state index < -0.39 is 0 Å². The van der Waals surface area contributed by atoms with E-state index in [0.29, 0.717) is 11.6 Å². The molecule has 7 heteroatoms. The van der Waals surface area contributed by atoms with Gasteiger partial charge in [-0.25, -0.2) is 4.98 Å². The van der Waals surface area contributed by atoms with E-state index in [9.17, 15) is 0 Å². The molecule has 0 fully saturated rings. The number of anilines is 4. The highest BCUT2D eigenvalue weighted by Crippen LogP contribution is 2.31. The van der Waals surface area contributed by atoms with Crippen LogP contribution in [-0.4, -0.2) is 15.0 Å². The van der Waals surface area contributed by atoms with E-state index in [0.717, 1.165) is 18.0 Å². The minimum absolute atomic E-state index is 0.164. The first-order valence-electron chi connectivity index (χ1n) is 5.36. The van der Waals surface area contributed by atoms with Crippen molar-refractivity contribution in [1.29, 1.82) is 0 Å². The minimum Gasteiger partial charge on any atom is -0.383 e. The van der Waals surface area contributed by atoms with Gasteiger partial charge in [0.2, 0.25) is 5.95 Å². The lowest BCUT2D eigenvalue weighted by atomic mass is 10.4. The molecule has 17 heavy (non-hydrogen) atoms. The Hall–Kier alpha value is -1.89. The summed E-state index contributed by atoms with van der Waals surface area (Å²) < 4.78 is 0. The molecule has 2 aromatic rings. The maximum Gasteiger partial charge on any atom is 0.223 e. The van der Waals surface area contributed by atoms with Crippen molar-refractivity contribution in [1.82, 2.24) is 15.0 Å². The van der Waals surface area contributed by atoms with E-state index in [4.69, 9.17) is 11.5 Å². The number of nitrogens with two attached hydrogens (primary N) is 2. The van der Waals surface area contributed by atoms with Gasteiger partial charge in [0, 0.05) is 10.9 Å². The molecule has 0 spiro atoms. The number of aryl methyl sites for hydroxylation is 2. The molecule has 1 aliphatic rings. The first-order valence-corrected chi connectivity index (χ1v) is 6.18. The van der Waals surface area contributed by atoms with Crippen LogP contribution in [0.1, 0.15) is 17.0 Å². The predicted octanol–water partition coefficient (Wildman–Crippen LogP) is 1.33. The van der Waals surface area contributed by atoms with Crippen LogP contribution in [0, 0.1) is 0 Å².